The van der Waals surface area contributed by atoms with Crippen LogP contribution in [0.2, 0.25) is 0 Å². The lowest BCUT2D eigenvalue weighted by Crippen LogP contribution is -2.46. The number of carboxylic acids is 1. The van der Waals surface area contributed by atoms with E-state index in [9.17, 15) is 9.59 Å². The molecule has 19 heavy (non-hydrogen) atoms. The molecule has 1 aliphatic rings. The third-order valence-electron chi connectivity index (χ3n) is 3.84. The Morgan fingerprint density at radius 2 is 2.00 bits per heavy atom. The minimum atomic E-state index is -0.749. The summed E-state index contributed by atoms with van der Waals surface area (Å²) in [5, 5.41) is 11.5. The maximum atomic E-state index is 12.1. The minimum Gasteiger partial charge on any atom is -0.481 e. The van der Waals surface area contributed by atoms with Crippen molar-refractivity contribution in [2.75, 3.05) is 6.54 Å². The molecule has 0 aromatic heterocycles. The molecule has 1 heterocycles. The summed E-state index contributed by atoms with van der Waals surface area (Å²) in [6.45, 7) is 4.86. The molecule has 1 saturated heterocycles. The van der Waals surface area contributed by atoms with E-state index >= 15 is 0 Å². The van der Waals surface area contributed by atoms with Crippen LogP contribution in [0.1, 0.15) is 58.8 Å². The SMILES string of the molecule is CCC1CCC(C)N1C(=O)NCCCCCC(=O)O. The van der Waals surface area contributed by atoms with Crippen LogP contribution in [0.15, 0.2) is 0 Å². The van der Waals surface area contributed by atoms with Crippen molar-refractivity contribution in [3.63, 3.8) is 0 Å². The first-order valence-electron chi connectivity index (χ1n) is 7.34. The smallest absolute Gasteiger partial charge is 0.317 e. The number of carbonyl (C=O) groups is 2. The molecule has 0 aliphatic carbocycles. The summed E-state index contributed by atoms with van der Waals surface area (Å²) in [7, 11) is 0. The molecule has 2 amide bonds. The van der Waals surface area contributed by atoms with E-state index in [4.69, 9.17) is 5.11 Å². The first-order valence-corrected chi connectivity index (χ1v) is 7.34. The minimum absolute atomic E-state index is 0.0371. The van der Waals surface area contributed by atoms with E-state index in [1.54, 1.807) is 0 Å². The highest BCUT2D eigenvalue weighted by molar-refractivity contribution is 5.75. The van der Waals surface area contributed by atoms with Gasteiger partial charge in [0.05, 0.1) is 0 Å². The van der Waals surface area contributed by atoms with Crippen LogP contribution >= 0.6 is 0 Å². The summed E-state index contributed by atoms with van der Waals surface area (Å²) >= 11 is 0. The quantitative estimate of drug-likeness (QED) is 0.699. The number of hydrogen-bond acceptors (Lipinski definition) is 2. The highest BCUT2D eigenvalue weighted by atomic mass is 16.4. The van der Waals surface area contributed by atoms with Crippen LogP contribution in [-0.2, 0) is 4.79 Å². The number of carbonyl (C=O) groups excluding carboxylic acids is 1. The summed E-state index contributed by atoms with van der Waals surface area (Å²) in [4.78, 5) is 24.4. The van der Waals surface area contributed by atoms with Gasteiger partial charge >= 0.3 is 12.0 Å². The van der Waals surface area contributed by atoms with Crippen molar-refractivity contribution in [1.29, 1.82) is 0 Å². The van der Waals surface area contributed by atoms with Gasteiger partial charge in [-0.3, -0.25) is 4.79 Å². The molecule has 2 atom stereocenters. The van der Waals surface area contributed by atoms with Crippen molar-refractivity contribution in [3.05, 3.63) is 0 Å². The number of rotatable bonds is 7. The van der Waals surface area contributed by atoms with Gasteiger partial charge < -0.3 is 15.3 Å². The van der Waals surface area contributed by atoms with Crippen LogP contribution in [0.3, 0.4) is 0 Å². The van der Waals surface area contributed by atoms with Crippen LogP contribution in [0.25, 0.3) is 0 Å². The Balaban J connectivity index is 2.18. The Morgan fingerprint density at radius 1 is 1.26 bits per heavy atom. The molecule has 0 saturated carbocycles. The lowest BCUT2D eigenvalue weighted by atomic mass is 10.2. The molecule has 0 aromatic rings. The van der Waals surface area contributed by atoms with Gasteiger partial charge in [-0.1, -0.05) is 13.3 Å². The van der Waals surface area contributed by atoms with Gasteiger partial charge in [0.25, 0.3) is 0 Å². The van der Waals surface area contributed by atoms with E-state index in [0.29, 0.717) is 25.0 Å². The topological polar surface area (TPSA) is 69.6 Å². The summed E-state index contributed by atoms with van der Waals surface area (Å²) in [5.41, 5.74) is 0. The van der Waals surface area contributed by atoms with E-state index < -0.39 is 5.97 Å². The fraction of sp³-hybridized carbons (Fsp3) is 0.857. The monoisotopic (exact) mass is 270 g/mol. The summed E-state index contributed by atoms with van der Waals surface area (Å²) in [6.07, 6.45) is 5.79. The molecule has 0 bridgehead atoms. The summed E-state index contributed by atoms with van der Waals surface area (Å²) in [6, 6.07) is 0.744. The van der Waals surface area contributed by atoms with Crippen molar-refractivity contribution in [3.8, 4) is 0 Å². The first-order chi connectivity index (χ1) is 9.06. The lowest BCUT2D eigenvalue weighted by Gasteiger charge is -2.28. The van der Waals surface area contributed by atoms with Crippen LogP contribution < -0.4 is 5.32 Å². The Morgan fingerprint density at radius 3 is 2.63 bits per heavy atom. The third-order valence-corrected chi connectivity index (χ3v) is 3.84. The molecule has 0 aromatic carbocycles. The van der Waals surface area contributed by atoms with E-state index in [1.807, 2.05) is 4.90 Å². The summed E-state index contributed by atoms with van der Waals surface area (Å²) in [5.74, 6) is -0.749. The van der Waals surface area contributed by atoms with E-state index in [1.165, 1.54) is 0 Å². The van der Waals surface area contributed by atoms with Gasteiger partial charge in [0, 0.05) is 25.0 Å². The predicted molar refractivity (Wildman–Crippen MR) is 74.1 cm³/mol. The summed E-state index contributed by atoms with van der Waals surface area (Å²) < 4.78 is 0. The Kier molecular flexibility index (Phi) is 6.67. The zero-order valence-corrected chi connectivity index (χ0v) is 12.0. The highest BCUT2D eigenvalue weighted by Gasteiger charge is 2.32. The molecular weight excluding hydrogens is 244 g/mol. The van der Waals surface area contributed by atoms with Crippen LogP contribution in [0.5, 0.6) is 0 Å². The van der Waals surface area contributed by atoms with Crippen molar-refractivity contribution < 1.29 is 14.7 Å². The van der Waals surface area contributed by atoms with Gasteiger partial charge in [-0.15, -0.1) is 0 Å². The number of hydrogen-bond donors (Lipinski definition) is 2. The van der Waals surface area contributed by atoms with Crippen LogP contribution in [0, 0.1) is 0 Å². The number of nitrogens with zero attached hydrogens (tertiary/aromatic N) is 1. The van der Waals surface area contributed by atoms with E-state index in [2.05, 4.69) is 19.2 Å². The Labute approximate surface area is 115 Å². The zero-order valence-electron chi connectivity index (χ0n) is 12.0. The molecule has 2 N–H and O–H groups in total. The van der Waals surface area contributed by atoms with Gasteiger partial charge in [0.2, 0.25) is 0 Å². The number of urea groups is 1. The van der Waals surface area contributed by atoms with Gasteiger partial charge in [-0.2, -0.15) is 0 Å². The van der Waals surface area contributed by atoms with Crippen molar-refractivity contribution in [2.24, 2.45) is 0 Å². The number of amides is 2. The van der Waals surface area contributed by atoms with E-state index in [0.717, 1.165) is 32.1 Å². The van der Waals surface area contributed by atoms with Crippen molar-refractivity contribution in [1.82, 2.24) is 10.2 Å². The van der Waals surface area contributed by atoms with Crippen LogP contribution in [-0.4, -0.2) is 40.6 Å². The molecular formula is C14H26N2O3. The van der Waals surface area contributed by atoms with Gasteiger partial charge in [0.1, 0.15) is 0 Å². The van der Waals surface area contributed by atoms with Crippen molar-refractivity contribution in [2.45, 2.75) is 70.9 Å². The second-order valence-electron chi connectivity index (χ2n) is 5.33. The molecule has 1 fully saturated rings. The normalized spacial score (nSPS) is 22.5. The average Bonchev–Trinajstić information content (AvgIpc) is 2.74. The van der Waals surface area contributed by atoms with Gasteiger partial charge in [-0.25, -0.2) is 4.79 Å². The number of nitrogens with one attached hydrogen (secondary N) is 1. The standard InChI is InChI=1S/C14H26N2O3/c1-3-12-9-8-11(2)16(12)14(19)15-10-6-4-5-7-13(17)18/h11-12H,3-10H2,1-2H3,(H,15,19)(H,17,18). The maximum absolute atomic E-state index is 12.1. The Hall–Kier alpha value is -1.26. The second-order valence-corrected chi connectivity index (χ2v) is 5.33. The average molecular weight is 270 g/mol. The Bertz CT molecular complexity index is 307. The van der Waals surface area contributed by atoms with Gasteiger partial charge in [0.15, 0.2) is 0 Å². The largest absolute Gasteiger partial charge is 0.481 e. The van der Waals surface area contributed by atoms with E-state index in [-0.39, 0.29) is 12.5 Å². The maximum Gasteiger partial charge on any atom is 0.317 e. The molecule has 5 nitrogen and oxygen atoms in total. The molecule has 0 spiro atoms. The first kappa shape index (κ1) is 15.8. The number of carboxylic acid groups (broad SMARTS) is 1. The van der Waals surface area contributed by atoms with Crippen molar-refractivity contribution >= 4 is 12.0 Å². The lowest BCUT2D eigenvalue weighted by molar-refractivity contribution is -0.137. The molecule has 1 aliphatic heterocycles. The second kappa shape index (κ2) is 8.02. The number of aliphatic carboxylic acids is 1. The number of unbranched alkanes of at least 4 members (excludes halogenated alkanes) is 2. The molecule has 5 heteroatoms. The third kappa shape index (κ3) is 5.09. The van der Waals surface area contributed by atoms with Crippen LogP contribution in [0.4, 0.5) is 4.79 Å². The molecule has 2 unspecified atom stereocenters. The molecule has 1 rings (SSSR count). The molecule has 0 radical (unpaired) electrons. The zero-order chi connectivity index (χ0) is 14.3. The molecule has 110 valence electrons. The predicted octanol–water partition coefficient (Wildman–Crippen LogP) is 2.60. The fourth-order valence-electron chi connectivity index (χ4n) is 2.70. The number of likely N-dealkylation sites (tertiary alicyclic amines) is 1. The van der Waals surface area contributed by atoms with Gasteiger partial charge in [-0.05, 0) is 39.0 Å². The fourth-order valence-corrected chi connectivity index (χ4v) is 2.70. The highest BCUT2D eigenvalue weighted by Crippen LogP contribution is 2.25.